The summed E-state index contributed by atoms with van der Waals surface area (Å²) in [5, 5.41) is 8.60. The maximum Gasteiger partial charge on any atom is 0.332 e. The summed E-state index contributed by atoms with van der Waals surface area (Å²) in [6.07, 6.45) is 0.791. The Balaban J connectivity index is 3.75. The van der Waals surface area contributed by atoms with Crippen molar-refractivity contribution in [1.82, 2.24) is 0 Å². The molecule has 0 aliphatic carbocycles. The molecule has 0 rings (SSSR count). The second-order valence-electron chi connectivity index (χ2n) is 2.93. The standard InChI is InChI=1S/C9H18O4/c1-4-8(5-6-12-3)13-7(2)9(10)11/h7-8H,4-6H2,1-3H3,(H,10,11). The van der Waals surface area contributed by atoms with Gasteiger partial charge in [0.15, 0.2) is 6.10 Å². The van der Waals surface area contributed by atoms with Gasteiger partial charge < -0.3 is 14.6 Å². The molecular formula is C9H18O4. The molecule has 0 saturated carbocycles. The van der Waals surface area contributed by atoms with Crippen LogP contribution < -0.4 is 0 Å². The van der Waals surface area contributed by atoms with Gasteiger partial charge in [0.05, 0.1) is 6.10 Å². The molecule has 78 valence electrons. The van der Waals surface area contributed by atoms with Crippen LogP contribution in [-0.4, -0.2) is 37.0 Å². The molecule has 0 spiro atoms. The summed E-state index contributed by atoms with van der Waals surface area (Å²) < 4.78 is 10.2. The van der Waals surface area contributed by atoms with Gasteiger partial charge in [-0.2, -0.15) is 0 Å². The van der Waals surface area contributed by atoms with Crippen LogP contribution in [0.25, 0.3) is 0 Å². The van der Waals surface area contributed by atoms with Crippen molar-refractivity contribution in [2.24, 2.45) is 0 Å². The Morgan fingerprint density at radius 3 is 2.54 bits per heavy atom. The minimum atomic E-state index is -0.920. The number of methoxy groups -OCH3 is 1. The zero-order chi connectivity index (χ0) is 10.3. The largest absolute Gasteiger partial charge is 0.479 e. The van der Waals surface area contributed by atoms with Crippen molar-refractivity contribution >= 4 is 5.97 Å². The molecule has 0 heterocycles. The molecule has 4 heteroatoms. The van der Waals surface area contributed by atoms with Gasteiger partial charge in [-0.3, -0.25) is 0 Å². The Morgan fingerprint density at radius 2 is 2.15 bits per heavy atom. The first-order chi connectivity index (χ1) is 6.11. The molecule has 4 nitrogen and oxygen atoms in total. The SMILES string of the molecule is CCC(CCOC)OC(C)C(=O)O. The fourth-order valence-corrected chi connectivity index (χ4v) is 0.965. The van der Waals surface area contributed by atoms with E-state index in [4.69, 9.17) is 14.6 Å². The average molecular weight is 190 g/mol. The van der Waals surface area contributed by atoms with Crippen molar-refractivity contribution in [3.63, 3.8) is 0 Å². The molecule has 1 N–H and O–H groups in total. The highest BCUT2D eigenvalue weighted by Gasteiger charge is 2.16. The maximum absolute atomic E-state index is 10.5. The van der Waals surface area contributed by atoms with Crippen LogP contribution in [0.1, 0.15) is 26.7 Å². The lowest BCUT2D eigenvalue weighted by Crippen LogP contribution is -2.27. The fraction of sp³-hybridized carbons (Fsp3) is 0.889. The van der Waals surface area contributed by atoms with Crippen LogP contribution in [0.3, 0.4) is 0 Å². The number of rotatable bonds is 7. The molecule has 0 aliphatic heterocycles. The van der Waals surface area contributed by atoms with Crippen LogP contribution in [-0.2, 0) is 14.3 Å². The van der Waals surface area contributed by atoms with Crippen molar-refractivity contribution in [3.8, 4) is 0 Å². The second kappa shape index (κ2) is 6.86. The topological polar surface area (TPSA) is 55.8 Å². The molecule has 0 aromatic rings. The number of carboxylic acid groups (broad SMARTS) is 1. The summed E-state index contributed by atoms with van der Waals surface area (Å²) in [6.45, 7) is 4.11. The van der Waals surface area contributed by atoms with Crippen LogP contribution in [0.4, 0.5) is 0 Å². The maximum atomic E-state index is 10.5. The number of ether oxygens (including phenoxy) is 2. The molecule has 2 atom stereocenters. The van der Waals surface area contributed by atoms with E-state index in [1.54, 1.807) is 7.11 Å². The first-order valence-corrected chi connectivity index (χ1v) is 4.49. The number of hydrogen-bond acceptors (Lipinski definition) is 3. The number of carbonyl (C=O) groups is 1. The molecule has 0 amide bonds. The summed E-state index contributed by atoms with van der Waals surface area (Å²) in [5.41, 5.74) is 0. The van der Waals surface area contributed by atoms with E-state index >= 15 is 0 Å². The Bertz CT molecular complexity index is 147. The van der Waals surface area contributed by atoms with E-state index in [0.717, 1.165) is 12.8 Å². The predicted octanol–water partition coefficient (Wildman–Crippen LogP) is 1.29. The normalized spacial score (nSPS) is 15.3. The molecular weight excluding hydrogens is 172 g/mol. The van der Waals surface area contributed by atoms with Gasteiger partial charge >= 0.3 is 5.97 Å². The van der Waals surface area contributed by atoms with Crippen LogP contribution >= 0.6 is 0 Å². The molecule has 0 radical (unpaired) electrons. The van der Waals surface area contributed by atoms with Crippen LogP contribution in [0.15, 0.2) is 0 Å². The van der Waals surface area contributed by atoms with Gasteiger partial charge in [-0.05, 0) is 19.8 Å². The summed E-state index contributed by atoms with van der Waals surface area (Å²) >= 11 is 0. The molecule has 0 aromatic heterocycles. The predicted molar refractivity (Wildman–Crippen MR) is 48.8 cm³/mol. The lowest BCUT2D eigenvalue weighted by atomic mass is 10.2. The highest BCUT2D eigenvalue weighted by molar-refractivity contribution is 5.71. The van der Waals surface area contributed by atoms with E-state index in [0.29, 0.717) is 6.61 Å². The van der Waals surface area contributed by atoms with Crippen LogP contribution in [0.5, 0.6) is 0 Å². The Hall–Kier alpha value is -0.610. The van der Waals surface area contributed by atoms with Crippen LogP contribution in [0, 0.1) is 0 Å². The van der Waals surface area contributed by atoms with Gasteiger partial charge in [-0.25, -0.2) is 4.79 Å². The Labute approximate surface area is 78.8 Å². The molecule has 0 aromatic carbocycles. The number of aliphatic carboxylic acids is 1. The van der Waals surface area contributed by atoms with Crippen molar-refractivity contribution in [2.45, 2.75) is 38.9 Å². The monoisotopic (exact) mass is 190 g/mol. The third-order valence-electron chi connectivity index (χ3n) is 1.84. The minimum absolute atomic E-state index is 0.0222. The van der Waals surface area contributed by atoms with Crippen molar-refractivity contribution in [1.29, 1.82) is 0 Å². The van der Waals surface area contributed by atoms with E-state index in [1.165, 1.54) is 6.92 Å². The van der Waals surface area contributed by atoms with Gasteiger partial charge in [0.2, 0.25) is 0 Å². The first kappa shape index (κ1) is 12.4. The van der Waals surface area contributed by atoms with E-state index in [1.807, 2.05) is 6.92 Å². The van der Waals surface area contributed by atoms with Gasteiger partial charge in [0.25, 0.3) is 0 Å². The Kier molecular flexibility index (Phi) is 6.54. The summed E-state index contributed by atoms with van der Waals surface area (Å²) in [4.78, 5) is 10.5. The third-order valence-corrected chi connectivity index (χ3v) is 1.84. The fourth-order valence-electron chi connectivity index (χ4n) is 0.965. The van der Waals surface area contributed by atoms with Gasteiger partial charge in [-0.1, -0.05) is 6.92 Å². The van der Waals surface area contributed by atoms with E-state index in [-0.39, 0.29) is 6.10 Å². The smallest absolute Gasteiger partial charge is 0.332 e. The van der Waals surface area contributed by atoms with Gasteiger partial charge in [-0.15, -0.1) is 0 Å². The zero-order valence-corrected chi connectivity index (χ0v) is 8.45. The molecule has 2 unspecified atom stereocenters. The number of hydrogen-bond donors (Lipinski definition) is 1. The molecule has 0 bridgehead atoms. The lowest BCUT2D eigenvalue weighted by Gasteiger charge is -2.18. The van der Waals surface area contributed by atoms with E-state index in [9.17, 15) is 4.79 Å². The van der Waals surface area contributed by atoms with E-state index < -0.39 is 12.1 Å². The van der Waals surface area contributed by atoms with Crippen molar-refractivity contribution in [2.75, 3.05) is 13.7 Å². The van der Waals surface area contributed by atoms with Crippen LogP contribution in [0.2, 0.25) is 0 Å². The van der Waals surface area contributed by atoms with Gasteiger partial charge in [0.1, 0.15) is 0 Å². The third kappa shape index (κ3) is 5.60. The molecule has 13 heavy (non-hydrogen) atoms. The Morgan fingerprint density at radius 1 is 1.54 bits per heavy atom. The molecule has 0 saturated heterocycles. The zero-order valence-electron chi connectivity index (χ0n) is 8.45. The second-order valence-corrected chi connectivity index (χ2v) is 2.93. The molecule has 0 aliphatic rings. The minimum Gasteiger partial charge on any atom is -0.479 e. The van der Waals surface area contributed by atoms with E-state index in [2.05, 4.69) is 0 Å². The molecule has 0 fully saturated rings. The van der Waals surface area contributed by atoms with Gasteiger partial charge in [0, 0.05) is 13.7 Å². The highest BCUT2D eigenvalue weighted by Crippen LogP contribution is 2.07. The number of carboxylic acids is 1. The lowest BCUT2D eigenvalue weighted by molar-refractivity contribution is -0.153. The summed E-state index contributed by atoms with van der Waals surface area (Å²) in [6, 6.07) is 0. The summed E-state index contributed by atoms with van der Waals surface area (Å²) in [5.74, 6) is -0.920. The van der Waals surface area contributed by atoms with Crippen molar-refractivity contribution < 1.29 is 19.4 Å². The quantitative estimate of drug-likeness (QED) is 0.657. The summed E-state index contributed by atoms with van der Waals surface area (Å²) in [7, 11) is 1.62. The first-order valence-electron chi connectivity index (χ1n) is 4.49. The average Bonchev–Trinajstić information content (AvgIpc) is 2.11. The van der Waals surface area contributed by atoms with Crippen molar-refractivity contribution in [3.05, 3.63) is 0 Å². The highest BCUT2D eigenvalue weighted by atomic mass is 16.5.